The Labute approximate surface area is 207 Å². The van der Waals surface area contributed by atoms with Crippen LogP contribution in [0.25, 0.3) is 0 Å². The van der Waals surface area contributed by atoms with Crippen LogP contribution in [0, 0.1) is 0 Å². The zero-order valence-electron chi connectivity index (χ0n) is 11.7. The Kier molecular flexibility index (Phi) is 194. The van der Waals surface area contributed by atoms with E-state index in [2.05, 4.69) is 0 Å². The molecule has 0 rings (SSSR count). The fourth-order valence-corrected chi connectivity index (χ4v) is 0. The van der Waals surface area contributed by atoms with Crippen molar-refractivity contribution in [3.05, 3.63) is 0 Å². The Hall–Kier alpha value is 6.58. The van der Waals surface area contributed by atoms with E-state index < -0.39 is 0 Å². The summed E-state index contributed by atoms with van der Waals surface area (Å²) in [5.74, 6) is 0. The Morgan fingerprint density at radius 2 is 1.17 bits per heavy atom. The van der Waals surface area contributed by atoms with Crippen LogP contribution < -0.4 is 99.8 Å². The van der Waals surface area contributed by atoms with Crippen LogP contribution in [0.5, 0.6) is 0 Å². The van der Waals surface area contributed by atoms with Crippen LogP contribution in [0.4, 0.5) is 0 Å². The normalized spacial score (nSPS) is 0. The minimum Gasteiger partial charge on any atom is -1.00 e. The molecular weight excluding hydrogens is 310 g/mol. The van der Waals surface area contributed by atoms with E-state index in [-0.39, 0.29) is 213 Å². The molecule has 0 saturated carbocycles. The van der Waals surface area contributed by atoms with Gasteiger partial charge in [0, 0.05) is 17.1 Å². The van der Waals surface area contributed by atoms with Crippen LogP contribution in [0.3, 0.4) is 0 Å². The van der Waals surface area contributed by atoms with Gasteiger partial charge in [-0.25, -0.2) is 0 Å². The molecule has 0 aliphatic rings. The summed E-state index contributed by atoms with van der Waals surface area (Å²) >= 11 is 0. The van der Waals surface area contributed by atoms with Crippen LogP contribution in [0.1, 0.15) is 9.99 Å². The molecule has 0 bridgehead atoms. The van der Waals surface area contributed by atoms with E-state index in [0.29, 0.717) is 0 Å². The molecule has 0 fully saturated rings. The van der Waals surface area contributed by atoms with E-state index in [9.17, 15) is 0 Å². The molecule has 0 aromatic carbocycles. The summed E-state index contributed by atoms with van der Waals surface area (Å²) < 4.78 is 0. The second kappa shape index (κ2) is 29.9. The fraction of sp³-hybridized carbons (Fsp3) is 0. The molecule has 6 heavy (non-hydrogen) atoms. The summed E-state index contributed by atoms with van der Waals surface area (Å²) in [6.07, 6.45) is 0. The Morgan fingerprint density at radius 1 is 1.17 bits per heavy atom. The van der Waals surface area contributed by atoms with Crippen LogP contribution in [-0.4, -0.2) is 86.6 Å². The van der Waals surface area contributed by atoms with E-state index in [0.717, 1.165) is 0 Å². The molecular formula is H7BaCaCuKLiNa. The van der Waals surface area contributed by atoms with Gasteiger partial charge in [-0.15, -0.1) is 0 Å². The zero-order valence-corrected chi connectivity index (χ0v) is 17.4. The van der Waals surface area contributed by atoms with Crippen molar-refractivity contribution < 1.29 is 127 Å². The zero-order chi connectivity index (χ0) is 0. The number of hydrogen-bond acceptors (Lipinski definition) is 0. The van der Waals surface area contributed by atoms with Crippen molar-refractivity contribution in [2.75, 3.05) is 0 Å². The Bertz CT molecular complexity index is 28.5. The molecule has 0 amide bonds. The molecule has 0 aromatic rings. The van der Waals surface area contributed by atoms with Crippen LogP contribution in [0.15, 0.2) is 0 Å². The average molecular weight is 317 g/mol. The first-order valence-corrected chi connectivity index (χ1v) is 0. The van der Waals surface area contributed by atoms with Crippen molar-refractivity contribution in [2.45, 2.75) is 0 Å². The maximum Gasteiger partial charge on any atom is 2.00 e. The first-order valence-electron chi connectivity index (χ1n) is 0. The third kappa shape index (κ3) is 22.4. The number of rotatable bonds is 0. The Balaban J connectivity index is 0. The van der Waals surface area contributed by atoms with Crippen molar-refractivity contribution in [1.82, 2.24) is 0 Å². The largest absolute Gasteiger partial charge is 2.00 e. The van der Waals surface area contributed by atoms with E-state index in [1.165, 1.54) is 0 Å². The molecule has 6 heteroatoms. The second-order valence-corrected chi connectivity index (χ2v) is 0. The molecule has 0 atom stereocenters. The first kappa shape index (κ1) is 39.0. The SMILES string of the molecule is [Ba+2].[Ca+2].[Cu].[H-].[H-].[H-].[H-].[H-].[H-].[H-].[K+].[Li+].[Na+]. The summed E-state index contributed by atoms with van der Waals surface area (Å²) in [5, 5.41) is 0. The predicted octanol–water partition coefficient (Wildman–Crippen LogP) is -8.96. The molecule has 0 aliphatic carbocycles. The van der Waals surface area contributed by atoms with Gasteiger partial charge in [0.15, 0.2) is 0 Å². The molecule has 0 unspecified atom stereocenters. The van der Waals surface area contributed by atoms with Crippen LogP contribution >= 0.6 is 0 Å². The molecule has 0 aromatic heterocycles. The van der Waals surface area contributed by atoms with Gasteiger partial charge < -0.3 is 9.99 Å². The van der Waals surface area contributed by atoms with Gasteiger partial charge in [0.2, 0.25) is 0 Å². The van der Waals surface area contributed by atoms with Crippen molar-refractivity contribution in [2.24, 2.45) is 0 Å². The minimum absolute atomic E-state index is 0. The maximum atomic E-state index is 0. The maximum absolute atomic E-state index is 0. The van der Waals surface area contributed by atoms with Gasteiger partial charge in [-0.2, -0.15) is 0 Å². The fourth-order valence-electron chi connectivity index (χ4n) is 0. The topological polar surface area (TPSA) is 0 Å². The number of hydrogen-bond donors (Lipinski definition) is 0. The molecule has 0 spiro atoms. The van der Waals surface area contributed by atoms with Crippen molar-refractivity contribution in [3.63, 3.8) is 0 Å². The molecule has 0 heterocycles. The van der Waals surface area contributed by atoms with Gasteiger partial charge in [-0.1, -0.05) is 0 Å². The van der Waals surface area contributed by atoms with Gasteiger partial charge in [-0.3, -0.25) is 0 Å². The summed E-state index contributed by atoms with van der Waals surface area (Å²) in [5.41, 5.74) is 0. The van der Waals surface area contributed by atoms with E-state index in [4.69, 9.17) is 0 Å². The molecule has 0 nitrogen and oxygen atoms in total. The Morgan fingerprint density at radius 3 is 1.17 bits per heavy atom. The van der Waals surface area contributed by atoms with Crippen LogP contribution in [-0.2, 0) is 17.1 Å². The van der Waals surface area contributed by atoms with E-state index in [1.54, 1.807) is 0 Å². The van der Waals surface area contributed by atoms with Gasteiger partial charge in [0.1, 0.15) is 0 Å². The molecule has 25 valence electrons. The standard InChI is InChI=1S/Ba.Ca.Cu.K.Li.Na.7H/q2*+2;;3*+1;7*-1. The van der Waals surface area contributed by atoms with Crippen molar-refractivity contribution in [3.8, 4) is 0 Å². The predicted molar refractivity (Wildman–Crippen MR) is 19.3 cm³/mol. The van der Waals surface area contributed by atoms with Crippen molar-refractivity contribution >= 4 is 86.6 Å². The third-order valence-corrected chi connectivity index (χ3v) is 0. The van der Waals surface area contributed by atoms with Gasteiger partial charge in [-0.05, 0) is 0 Å². The summed E-state index contributed by atoms with van der Waals surface area (Å²) in [7, 11) is 0. The monoisotopic (exact) mass is 317 g/mol. The quantitative estimate of drug-likeness (QED) is 0.390. The van der Waals surface area contributed by atoms with E-state index in [1.807, 2.05) is 0 Å². The van der Waals surface area contributed by atoms with E-state index >= 15 is 0 Å². The third-order valence-electron chi connectivity index (χ3n) is 0. The van der Waals surface area contributed by atoms with Gasteiger partial charge in [0.05, 0.1) is 0 Å². The van der Waals surface area contributed by atoms with Crippen molar-refractivity contribution in [1.29, 1.82) is 0 Å². The molecule has 0 saturated heterocycles. The minimum atomic E-state index is 0. The molecule has 0 aliphatic heterocycles. The average Bonchev–Trinajstić information content (AvgIpc) is 0. The smallest absolute Gasteiger partial charge is 1.00 e. The summed E-state index contributed by atoms with van der Waals surface area (Å²) in [4.78, 5) is 0. The first-order chi connectivity index (χ1) is 0. The second-order valence-electron chi connectivity index (χ2n) is 0. The summed E-state index contributed by atoms with van der Waals surface area (Å²) in [6.45, 7) is 0. The summed E-state index contributed by atoms with van der Waals surface area (Å²) in [6, 6.07) is 0. The van der Waals surface area contributed by atoms with Gasteiger partial charge in [0.25, 0.3) is 0 Å². The van der Waals surface area contributed by atoms with Gasteiger partial charge >= 0.3 is 186 Å². The van der Waals surface area contributed by atoms with Crippen LogP contribution in [0.2, 0.25) is 0 Å². The molecule has 1 radical (unpaired) electrons. The molecule has 0 N–H and O–H groups in total.